The highest BCUT2D eigenvalue weighted by atomic mass is 127. The average molecular weight is 483 g/mol. The van der Waals surface area contributed by atoms with E-state index in [-0.39, 0.29) is 0 Å². The van der Waals surface area contributed by atoms with Crippen LogP contribution in [0.15, 0.2) is 0 Å². The molecule has 1 aliphatic rings. The van der Waals surface area contributed by atoms with Crippen molar-refractivity contribution in [3.63, 3.8) is 0 Å². The van der Waals surface area contributed by atoms with Crippen LogP contribution in [-0.2, 0) is 0 Å². The third kappa shape index (κ3) is 32.4. The number of hydrogen-bond acceptors (Lipinski definition) is 0. The molecule has 0 bridgehead atoms. The van der Waals surface area contributed by atoms with Gasteiger partial charge in [0, 0.05) is 0 Å². The summed E-state index contributed by atoms with van der Waals surface area (Å²) in [7, 11) is 0. The summed E-state index contributed by atoms with van der Waals surface area (Å²) < 4.78 is 0. The SMILES string of the molecule is C1CCCCCCCCCCCCCCCCCCC1.CC.CC.CI. The first-order valence-electron chi connectivity index (χ1n) is 12.4. The molecule has 0 aromatic heterocycles. The molecule has 162 valence electrons. The molecule has 0 aromatic rings. The van der Waals surface area contributed by atoms with E-state index in [9.17, 15) is 0 Å². The molecule has 0 radical (unpaired) electrons. The highest BCUT2D eigenvalue weighted by molar-refractivity contribution is 14.1. The van der Waals surface area contributed by atoms with Crippen LogP contribution >= 0.6 is 22.6 Å². The van der Waals surface area contributed by atoms with Crippen molar-refractivity contribution in [3.05, 3.63) is 0 Å². The van der Waals surface area contributed by atoms with Crippen molar-refractivity contribution >= 4 is 22.6 Å². The van der Waals surface area contributed by atoms with Crippen molar-refractivity contribution in [1.82, 2.24) is 0 Å². The number of rotatable bonds is 0. The van der Waals surface area contributed by atoms with E-state index in [4.69, 9.17) is 0 Å². The molecule has 0 atom stereocenters. The van der Waals surface area contributed by atoms with Gasteiger partial charge in [0.2, 0.25) is 0 Å². The van der Waals surface area contributed by atoms with Gasteiger partial charge in [0.05, 0.1) is 0 Å². The fraction of sp³-hybridized carbons (Fsp3) is 1.00. The van der Waals surface area contributed by atoms with E-state index >= 15 is 0 Å². The minimum atomic E-state index is 1.50. The zero-order valence-electron chi connectivity index (χ0n) is 19.5. The van der Waals surface area contributed by atoms with Gasteiger partial charge in [-0.25, -0.2) is 0 Å². The second kappa shape index (κ2) is 36.6. The summed E-state index contributed by atoms with van der Waals surface area (Å²) in [6.45, 7) is 8.00. The van der Waals surface area contributed by atoms with E-state index in [2.05, 4.69) is 22.6 Å². The molecule has 0 saturated heterocycles. The van der Waals surface area contributed by atoms with Gasteiger partial charge in [-0.3, -0.25) is 0 Å². The first-order valence-corrected chi connectivity index (χ1v) is 14.5. The van der Waals surface area contributed by atoms with Crippen LogP contribution in [0.5, 0.6) is 0 Å². The first kappa shape index (κ1) is 31.4. The van der Waals surface area contributed by atoms with E-state index in [0.717, 1.165) is 0 Å². The Morgan fingerprint density at radius 1 is 0.231 bits per heavy atom. The molecule has 0 heterocycles. The molecule has 1 heteroatoms. The van der Waals surface area contributed by atoms with Crippen LogP contribution in [0.1, 0.15) is 156 Å². The summed E-state index contributed by atoms with van der Waals surface area (Å²) in [5.74, 6) is 0. The van der Waals surface area contributed by atoms with Gasteiger partial charge in [-0.05, 0) is 4.93 Å². The Hall–Kier alpha value is 0.730. The maximum atomic E-state index is 2.15. The molecule has 0 nitrogen and oxygen atoms in total. The summed E-state index contributed by atoms with van der Waals surface area (Å²) in [5.41, 5.74) is 0. The molecule has 1 fully saturated rings. The summed E-state index contributed by atoms with van der Waals surface area (Å²) in [4.78, 5) is 1.97. The van der Waals surface area contributed by atoms with Crippen molar-refractivity contribution in [2.24, 2.45) is 0 Å². The Morgan fingerprint density at radius 3 is 0.308 bits per heavy atom. The Bertz CT molecular complexity index is 92.6. The standard InChI is InChI=1S/C20H40.2C2H6.CH3I/c1-2-4-6-8-10-12-14-16-18-20-19-17-15-13-11-9-7-5-3-1;3*1-2/h1-20H2;2*1-2H3;1H3. The fourth-order valence-electron chi connectivity index (χ4n) is 3.54. The summed E-state index contributed by atoms with van der Waals surface area (Å²) >= 11 is 2.15. The van der Waals surface area contributed by atoms with Gasteiger partial charge in [-0.1, -0.05) is 179 Å². The monoisotopic (exact) mass is 482 g/mol. The molecular formula is C25H55I. The minimum absolute atomic E-state index is 1.50. The lowest BCUT2D eigenvalue weighted by Crippen LogP contribution is -1.85. The topological polar surface area (TPSA) is 0 Å². The third-order valence-corrected chi connectivity index (χ3v) is 5.00. The predicted octanol–water partition coefficient (Wildman–Crippen LogP) is 10.9. The molecule has 1 saturated carbocycles. The molecule has 1 aliphatic carbocycles. The van der Waals surface area contributed by atoms with E-state index in [1.165, 1.54) is 128 Å². The van der Waals surface area contributed by atoms with Crippen LogP contribution in [0.4, 0.5) is 0 Å². The van der Waals surface area contributed by atoms with Crippen molar-refractivity contribution < 1.29 is 0 Å². The zero-order chi connectivity index (χ0) is 20.1. The second-order valence-electron chi connectivity index (χ2n) is 7.07. The van der Waals surface area contributed by atoms with Crippen molar-refractivity contribution in [3.8, 4) is 0 Å². The number of hydrogen-bond donors (Lipinski definition) is 0. The third-order valence-electron chi connectivity index (χ3n) is 5.00. The number of halogens is 1. The van der Waals surface area contributed by atoms with Crippen LogP contribution in [0.3, 0.4) is 0 Å². The van der Waals surface area contributed by atoms with Crippen LogP contribution in [-0.4, -0.2) is 4.93 Å². The Kier molecular flexibility index (Phi) is 44.3. The summed E-state index contributed by atoms with van der Waals surface area (Å²) in [6, 6.07) is 0. The van der Waals surface area contributed by atoms with Crippen molar-refractivity contribution in [2.45, 2.75) is 156 Å². The smallest absolute Gasteiger partial charge is 0.0121 e. The molecule has 0 aliphatic heterocycles. The molecule has 0 aromatic carbocycles. The summed E-state index contributed by atoms with van der Waals surface area (Å²) in [6.07, 6.45) is 30.0. The van der Waals surface area contributed by atoms with Crippen LogP contribution in [0, 0.1) is 0 Å². The lowest BCUT2D eigenvalue weighted by atomic mass is 10.0. The Labute approximate surface area is 183 Å². The highest BCUT2D eigenvalue weighted by Crippen LogP contribution is 2.16. The second-order valence-corrected chi connectivity index (χ2v) is 7.07. The predicted molar refractivity (Wildman–Crippen MR) is 135 cm³/mol. The van der Waals surface area contributed by atoms with Crippen molar-refractivity contribution in [1.29, 1.82) is 0 Å². The van der Waals surface area contributed by atoms with E-state index in [1.807, 2.05) is 32.6 Å². The highest BCUT2D eigenvalue weighted by Gasteiger charge is 1.96. The van der Waals surface area contributed by atoms with Crippen LogP contribution < -0.4 is 0 Å². The van der Waals surface area contributed by atoms with Gasteiger partial charge in [-0.2, -0.15) is 0 Å². The molecule has 26 heavy (non-hydrogen) atoms. The molecule has 1 rings (SSSR count). The van der Waals surface area contributed by atoms with E-state index in [0.29, 0.717) is 0 Å². The maximum Gasteiger partial charge on any atom is -0.0121 e. The fourth-order valence-corrected chi connectivity index (χ4v) is 3.54. The van der Waals surface area contributed by atoms with E-state index < -0.39 is 0 Å². The lowest BCUT2D eigenvalue weighted by Gasteiger charge is -2.05. The van der Waals surface area contributed by atoms with E-state index in [1.54, 1.807) is 0 Å². The van der Waals surface area contributed by atoms with Crippen LogP contribution in [0.25, 0.3) is 0 Å². The van der Waals surface area contributed by atoms with Gasteiger partial charge < -0.3 is 0 Å². The lowest BCUT2D eigenvalue weighted by molar-refractivity contribution is 0.504. The summed E-state index contributed by atoms with van der Waals surface area (Å²) in [5, 5.41) is 0. The first-order chi connectivity index (χ1) is 13.0. The molecule has 0 amide bonds. The Morgan fingerprint density at radius 2 is 0.269 bits per heavy atom. The molecule has 0 unspecified atom stereocenters. The quantitative estimate of drug-likeness (QED) is 0.238. The van der Waals surface area contributed by atoms with Gasteiger partial charge in [0.25, 0.3) is 0 Å². The van der Waals surface area contributed by atoms with Crippen LogP contribution in [0.2, 0.25) is 0 Å². The molecule has 0 N–H and O–H groups in total. The molecular weight excluding hydrogens is 427 g/mol. The van der Waals surface area contributed by atoms with Gasteiger partial charge in [0.1, 0.15) is 0 Å². The largest absolute Gasteiger partial charge is 0.0901 e. The van der Waals surface area contributed by atoms with Gasteiger partial charge in [-0.15, -0.1) is 0 Å². The normalized spacial score (nSPS) is 19.2. The Balaban J connectivity index is -0.000000795. The molecule has 0 spiro atoms. The number of alkyl halides is 1. The minimum Gasteiger partial charge on any atom is -0.0901 e. The van der Waals surface area contributed by atoms with Gasteiger partial charge >= 0.3 is 0 Å². The van der Waals surface area contributed by atoms with Crippen molar-refractivity contribution in [2.75, 3.05) is 4.93 Å². The van der Waals surface area contributed by atoms with Gasteiger partial charge in [0.15, 0.2) is 0 Å². The zero-order valence-corrected chi connectivity index (χ0v) is 21.7. The average Bonchev–Trinajstić information content (AvgIpc) is 2.72. The maximum absolute atomic E-state index is 2.15.